The largest absolute Gasteiger partial charge is 0.302 e. The molecule has 0 saturated carbocycles. The molecule has 1 fully saturated rings. The number of amides is 1. The molecule has 1 aliphatic heterocycles. The van der Waals surface area contributed by atoms with Gasteiger partial charge in [0.2, 0.25) is 5.91 Å². The third-order valence-corrected chi connectivity index (χ3v) is 5.06. The van der Waals surface area contributed by atoms with Crippen molar-refractivity contribution in [1.82, 2.24) is 19.7 Å². The lowest BCUT2D eigenvalue weighted by Crippen LogP contribution is -2.32. The molecule has 2 aromatic heterocycles. The third kappa shape index (κ3) is 4.17. The summed E-state index contributed by atoms with van der Waals surface area (Å²) in [5.74, 6) is 0.552. The number of nitrogens with one attached hydrogen (secondary N) is 1. The summed E-state index contributed by atoms with van der Waals surface area (Å²) in [4.78, 5) is 18.0. The summed E-state index contributed by atoms with van der Waals surface area (Å²) < 4.78 is 2.00. The zero-order valence-electron chi connectivity index (χ0n) is 13.7. The molecule has 2 aromatic rings. The lowest BCUT2D eigenvalue weighted by Gasteiger charge is -2.31. The second kappa shape index (κ2) is 7.23. The zero-order valence-corrected chi connectivity index (χ0v) is 14.5. The van der Waals surface area contributed by atoms with Crippen molar-refractivity contribution in [3.8, 4) is 0 Å². The maximum atomic E-state index is 11.0. The van der Waals surface area contributed by atoms with Crippen LogP contribution in [0.2, 0.25) is 0 Å². The molecule has 3 rings (SSSR count). The van der Waals surface area contributed by atoms with Crippen molar-refractivity contribution in [1.29, 1.82) is 0 Å². The van der Waals surface area contributed by atoms with Crippen LogP contribution in [0, 0.1) is 0 Å². The summed E-state index contributed by atoms with van der Waals surface area (Å²) in [5.41, 5.74) is 2.41. The molecule has 1 N–H and O–H groups in total. The van der Waals surface area contributed by atoms with E-state index in [-0.39, 0.29) is 5.91 Å². The Morgan fingerprint density at radius 3 is 2.87 bits per heavy atom. The predicted molar refractivity (Wildman–Crippen MR) is 91.6 cm³/mol. The first-order valence-electron chi connectivity index (χ1n) is 8.10. The van der Waals surface area contributed by atoms with Gasteiger partial charge in [0.15, 0.2) is 5.13 Å². The number of carbonyl (C=O) groups is 1. The molecule has 124 valence electrons. The molecule has 23 heavy (non-hydrogen) atoms. The lowest BCUT2D eigenvalue weighted by molar-refractivity contribution is -0.114. The number of likely N-dealkylation sites (tertiary alicyclic amines) is 1. The molecule has 7 heteroatoms. The highest BCUT2D eigenvalue weighted by atomic mass is 32.1. The van der Waals surface area contributed by atoms with Gasteiger partial charge in [0.1, 0.15) is 0 Å². The van der Waals surface area contributed by atoms with E-state index in [9.17, 15) is 4.79 Å². The second-order valence-electron chi connectivity index (χ2n) is 6.00. The number of carbonyl (C=O) groups excluding carboxylic acids is 1. The number of thiazole rings is 1. The number of hydrogen-bond acceptors (Lipinski definition) is 5. The smallest absolute Gasteiger partial charge is 0.223 e. The second-order valence-corrected chi connectivity index (χ2v) is 6.86. The fourth-order valence-electron chi connectivity index (χ4n) is 3.00. The molecule has 1 aliphatic rings. The average molecular weight is 333 g/mol. The van der Waals surface area contributed by atoms with Gasteiger partial charge in [-0.05, 0) is 44.3 Å². The highest BCUT2D eigenvalue weighted by Gasteiger charge is 2.22. The molecule has 3 heterocycles. The van der Waals surface area contributed by atoms with Gasteiger partial charge in [0, 0.05) is 31.6 Å². The predicted octanol–water partition coefficient (Wildman–Crippen LogP) is 2.70. The van der Waals surface area contributed by atoms with Gasteiger partial charge < -0.3 is 5.32 Å². The number of piperidine rings is 1. The molecule has 0 radical (unpaired) electrons. The molecule has 0 bridgehead atoms. The minimum atomic E-state index is -0.0701. The molecule has 6 nitrogen and oxygen atoms in total. The summed E-state index contributed by atoms with van der Waals surface area (Å²) in [6.45, 7) is 7.56. The Hall–Kier alpha value is -1.73. The normalized spacial score (nSPS) is 16.6. The van der Waals surface area contributed by atoms with Gasteiger partial charge in [-0.25, -0.2) is 4.98 Å². The number of aryl methyl sites for hydroxylation is 1. The van der Waals surface area contributed by atoms with Crippen LogP contribution in [-0.4, -0.2) is 38.7 Å². The lowest BCUT2D eigenvalue weighted by atomic mass is 9.91. The van der Waals surface area contributed by atoms with Crippen LogP contribution in [0.4, 0.5) is 5.13 Å². The molecule has 0 spiro atoms. The van der Waals surface area contributed by atoms with E-state index in [1.807, 2.05) is 16.3 Å². The van der Waals surface area contributed by atoms with Crippen molar-refractivity contribution in [2.45, 2.75) is 45.7 Å². The number of aromatic nitrogens is 3. The topological polar surface area (TPSA) is 63.0 Å². The van der Waals surface area contributed by atoms with Crippen molar-refractivity contribution in [3.05, 3.63) is 29.0 Å². The van der Waals surface area contributed by atoms with Gasteiger partial charge in [-0.15, -0.1) is 11.3 Å². The first-order valence-corrected chi connectivity index (χ1v) is 8.98. The summed E-state index contributed by atoms with van der Waals surface area (Å²) in [5, 5.41) is 9.84. The van der Waals surface area contributed by atoms with Crippen LogP contribution >= 0.6 is 11.3 Å². The molecule has 1 amide bonds. The molecular weight excluding hydrogens is 310 g/mol. The Kier molecular flexibility index (Phi) is 5.07. The van der Waals surface area contributed by atoms with E-state index >= 15 is 0 Å². The quantitative estimate of drug-likeness (QED) is 0.914. The van der Waals surface area contributed by atoms with Crippen molar-refractivity contribution < 1.29 is 4.79 Å². The third-order valence-electron chi connectivity index (χ3n) is 4.26. The highest BCUT2D eigenvalue weighted by Crippen LogP contribution is 2.28. The van der Waals surface area contributed by atoms with E-state index in [1.165, 1.54) is 23.8 Å². The SMILES string of the molecule is CCn1cc(C2CCN(Cc3csc(NC(C)=O)n3)CC2)cn1. The van der Waals surface area contributed by atoms with Crippen molar-refractivity contribution in [3.63, 3.8) is 0 Å². The molecular formula is C16H23N5OS. The van der Waals surface area contributed by atoms with E-state index < -0.39 is 0 Å². The van der Waals surface area contributed by atoms with Crippen molar-refractivity contribution in [2.75, 3.05) is 18.4 Å². The number of nitrogens with zero attached hydrogens (tertiary/aromatic N) is 4. The van der Waals surface area contributed by atoms with Crippen molar-refractivity contribution >= 4 is 22.4 Å². The highest BCUT2D eigenvalue weighted by molar-refractivity contribution is 7.13. The monoisotopic (exact) mass is 333 g/mol. The van der Waals surface area contributed by atoms with Crippen LogP contribution in [0.1, 0.15) is 43.9 Å². The maximum Gasteiger partial charge on any atom is 0.223 e. The van der Waals surface area contributed by atoms with Gasteiger partial charge in [-0.1, -0.05) is 0 Å². The van der Waals surface area contributed by atoms with Crippen LogP contribution in [0.25, 0.3) is 0 Å². The van der Waals surface area contributed by atoms with E-state index in [2.05, 4.69) is 33.4 Å². The van der Waals surface area contributed by atoms with Crippen molar-refractivity contribution in [2.24, 2.45) is 0 Å². The van der Waals surface area contributed by atoms with Crippen LogP contribution in [0.5, 0.6) is 0 Å². The Morgan fingerprint density at radius 1 is 1.43 bits per heavy atom. The maximum absolute atomic E-state index is 11.0. The van der Waals surface area contributed by atoms with Gasteiger partial charge in [0.05, 0.1) is 11.9 Å². The van der Waals surface area contributed by atoms with Crippen LogP contribution in [-0.2, 0) is 17.9 Å². The standard InChI is InChI=1S/C16H23N5OS/c1-3-21-9-14(8-17-21)13-4-6-20(7-5-13)10-15-11-23-16(19-15)18-12(2)22/h8-9,11,13H,3-7,10H2,1-2H3,(H,18,19,22). The molecule has 0 aromatic carbocycles. The summed E-state index contributed by atoms with van der Waals surface area (Å²) in [7, 11) is 0. The number of rotatable bonds is 5. The van der Waals surface area contributed by atoms with Crippen LogP contribution in [0.3, 0.4) is 0 Å². The molecule has 0 atom stereocenters. The van der Waals surface area contributed by atoms with Gasteiger partial charge in [-0.3, -0.25) is 14.4 Å². The molecule has 1 saturated heterocycles. The van der Waals surface area contributed by atoms with Crippen LogP contribution < -0.4 is 5.32 Å². The van der Waals surface area contributed by atoms with E-state index in [4.69, 9.17) is 0 Å². The van der Waals surface area contributed by atoms with Gasteiger partial charge in [-0.2, -0.15) is 5.10 Å². The molecule has 0 unspecified atom stereocenters. The Morgan fingerprint density at radius 2 is 2.22 bits per heavy atom. The van der Waals surface area contributed by atoms with E-state index in [0.29, 0.717) is 11.0 Å². The Bertz CT molecular complexity index is 657. The summed E-state index contributed by atoms with van der Waals surface area (Å²) in [6, 6.07) is 0. The van der Waals surface area contributed by atoms with Gasteiger partial charge in [0.25, 0.3) is 0 Å². The van der Waals surface area contributed by atoms with Gasteiger partial charge >= 0.3 is 0 Å². The number of anilines is 1. The average Bonchev–Trinajstić information content (AvgIpc) is 3.17. The van der Waals surface area contributed by atoms with E-state index in [0.717, 1.165) is 44.7 Å². The first-order chi connectivity index (χ1) is 11.1. The zero-order chi connectivity index (χ0) is 16.2. The summed E-state index contributed by atoms with van der Waals surface area (Å²) >= 11 is 1.49. The van der Waals surface area contributed by atoms with Crippen LogP contribution in [0.15, 0.2) is 17.8 Å². The summed E-state index contributed by atoms with van der Waals surface area (Å²) in [6.07, 6.45) is 6.53. The fraction of sp³-hybridized carbons (Fsp3) is 0.562. The minimum absolute atomic E-state index is 0.0701. The Balaban J connectivity index is 1.50. The fourth-order valence-corrected chi connectivity index (χ4v) is 3.75. The first kappa shape index (κ1) is 16.1. The molecule has 0 aliphatic carbocycles. The van der Waals surface area contributed by atoms with E-state index in [1.54, 1.807) is 0 Å². The number of hydrogen-bond donors (Lipinski definition) is 1. The Labute approximate surface area is 140 Å². The minimum Gasteiger partial charge on any atom is -0.302 e.